The van der Waals surface area contributed by atoms with Gasteiger partial charge in [-0.15, -0.1) is 5.10 Å². The number of ether oxygens (including phenoxy) is 2. The van der Waals surface area contributed by atoms with Crippen LogP contribution in [-0.2, 0) is 6.54 Å². The average molecular weight is 391 g/mol. The minimum absolute atomic E-state index is 0.357. The fourth-order valence-electron chi connectivity index (χ4n) is 2.56. The number of hydrogen-bond donors (Lipinski definition) is 1. The predicted octanol–water partition coefficient (Wildman–Crippen LogP) is 2.77. The zero-order chi connectivity index (χ0) is 20.5. The highest BCUT2D eigenvalue weighted by molar-refractivity contribution is 5.95. The normalized spacial score (nSPS) is 11.1. The fraction of sp³-hybridized carbons (Fsp3) is 0.143. The van der Waals surface area contributed by atoms with E-state index in [0.717, 1.165) is 5.56 Å². The van der Waals surface area contributed by atoms with Gasteiger partial charge in [0.25, 0.3) is 5.91 Å². The fourth-order valence-corrected chi connectivity index (χ4v) is 2.56. The molecular formula is C21H21N5O3. The smallest absolute Gasteiger partial charge is 0.271 e. The van der Waals surface area contributed by atoms with Crippen LogP contribution in [0, 0.1) is 0 Å². The van der Waals surface area contributed by atoms with Gasteiger partial charge >= 0.3 is 0 Å². The molecule has 1 aromatic heterocycles. The molecule has 0 spiro atoms. The Hall–Kier alpha value is -3.94. The van der Waals surface area contributed by atoms with Crippen molar-refractivity contribution in [2.45, 2.75) is 6.54 Å². The van der Waals surface area contributed by atoms with Crippen molar-refractivity contribution >= 4 is 18.2 Å². The number of carbonyl (C=O) groups excluding carboxylic acids is 1. The Kier molecular flexibility index (Phi) is 6.72. The van der Waals surface area contributed by atoms with Crippen LogP contribution in [0.25, 0.3) is 6.08 Å². The molecule has 0 atom stereocenters. The number of hydrogen-bond acceptors (Lipinski definition) is 6. The van der Waals surface area contributed by atoms with Crippen LogP contribution < -0.4 is 14.9 Å². The lowest BCUT2D eigenvalue weighted by molar-refractivity contribution is 0.0954. The predicted molar refractivity (Wildman–Crippen MR) is 110 cm³/mol. The summed E-state index contributed by atoms with van der Waals surface area (Å²) in [5.41, 5.74) is 4.70. The zero-order valence-corrected chi connectivity index (χ0v) is 16.1. The minimum atomic E-state index is -0.357. The van der Waals surface area contributed by atoms with Gasteiger partial charge in [0.15, 0.2) is 11.5 Å². The molecule has 1 heterocycles. The Labute approximate surface area is 168 Å². The van der Waals surface area contributed by atoms with E-state index < -0.39 is 0 Å². The first-order valence-corrected chi connectivity index (χ1v) is 8.85. The first-order valence-electron chi connectivity index (χ1n) is 8.85. The van der Waals surface area contributed by atoms with Gasteiger partial charge in [0, 0.05) is 11.8 Å². The van der Waals surface area contributed by atoms with E-state index in [-0.39, 0.29) is 5.91 Å². The maximum Gasteiger partial charge on any atom is 0.271 e. The maximum absolute atomic E-state index is 12.2. The lowest BCUT2D eigenvalue weighted by atomic mass is 10.2. The molecule has 1 N–H and O–H groups in total. The molecule has 0 aliphatic carbocycles. The molecular weight excluding hydrogens is 370 g/mol. The van der Waals surface area contributed by atoms with Gasteiger partial charge in [-0.2, -0.15) is 5.10 Å². The lowest BCUT2D eigenvalue weighted by Gasteiger charge is -2.08. The van der Waals surface area contributed by atoms with E-state index in [1.165, 1.54) is 20.4 Å². The number of nitrogens with zero attached hydrogens (tertiary/aromatic N) is 4. The number of methoxy groups -OCH3 is 2. The summed E-state index contributed by atoms with van der Waals surface area (Å²) < 4.78 is 12.1. The van der Waals surface area contributed by atoms with Crippen LogP contribution in [0.3, 0.4) is 0 Å². The van der Waals surface area contributed by atoms with E-state index in [4.69, 9.17) is 9.47 Å². The first kappa shape index (κ1) is 19.8. The number of amides is 1. The molecule has 0 unspecified atom stereocenters. The lowest BCUT2D eigenvalue weighted by Crippen LogP contribution is -2.17. The number of aromatic nitrogens is 3. The Bertz CT molecular complexity index is 1010. The average Bonchev–Trinajstić information content (AvgIpc) is 3.20. The summed E-state index contributed by atoms with van der Waals surface area (Å²) in [5.74, 6) is 0.669. The SMILES string of the molecule is COc1ccc(C(=O)N/N=C\C=C\c2cn(Cc3ccccc3)nn2)cc1OC. The Morgan fingerprint density at radius 3 is 2.69 bits per heavy atom. The number of benzene rings is 2. The van der Waals surface area contributed by atoms with Gasteiger partial charge in [-0.1, -0.05) is 35.5 Å². The Morgan fingerprint density at radius 1 is 1.14 bits per heavy atom. The number of allylic oxidation sites excluding steroid dienone is 1. The summed E-state index contributed by atoms with van der Waals surface area (Å²) >= 11 is 0. The van der Waals surface area contributed by atoms with E-state index in [0.29, 0.717) is 29.3 Å². The molecule has 29 heavy (non-hydrogen) atoms. The summed E-state index contributed by atoms with van der Waals surface area (Å²) in [6.45, 7) is 0.650. The van der Waals surface area contributed by atoms with Gasteiger partial charge in [-0.25, -0.2) is 10.1 Å². The molecule has 0 aliphatic heterocycles. The second kappa shape index (κ2) is 9.84. The van der Waals surface area contributed by atoms with Crippen LogP contribution in [0.4, 0.5) is 0 Å². The molecule has 8 heteroatoms. The highest BCUT2D eigenvalue weighted by atomic mass is 16.5. The van der Waals surface area contributed by atoms with Crippen molar-refractivity contribution in [1.29, 1.82) is 0 Å². The summed E-state index contributed by atoms with van der Waals surface area (Å²) in [5, 5.41) is 12.1. The van der Waals surface area contributed by atoms with Crippen molar-refractivity contribution in [3.63, 3.8) is 0 Å². The topological polar surface area (TPSA) is 90.6 Å². The van der Waals surface area contributed by atoms with E-state index in [1.54, 1.807) is 35.0 Å². The summed E-state index contributed by atoms with van der Waals surface area (Å²) in [6, 6.07) is 14.9. The van der Waals surface area contributed by atoms with Crippen LogP contribution in [0.15, 0.2) is 65.9 Å². The second-order valence-electron chi connectivity index (χ2n) is 5.97. The van der Waals surface area contributed by atoms with Gasteiger partial charge in [-0.3, -0.25) is 4.79 Å². The number of carbonyl (C=O) groups is 1. The van der Waals surface area contributed by atoms with Crippen molar-refractivity contribution in [2.75, 3.05) is 14.2 Å². The molecule has 148 valence electrons. The van der Waals surface area contributed by atoms with E-state index in [9.17, 15) is 4.79 Å². The van der Waals surface area contributed by atoms with Crippen LogP contribution >= 0.6 is 0 Å². The molecule has 3 rings (SSSR count). The third-order valence-corrected chi connectivity index (χ3v) is 3.98. The first-order chi connectivity index (χ1) is 14.2. The van der Waals surface area contributed by atoms with Crippen LogP contribution in [0.2, 0.25) is 0 Å². The zero-order valence-electron chi connectivity index (χ0n) is 16.1. The van der Waals surface area contributed by atoms with Gasteiger partial charge in [0.1, 0.15) is 5.69 Å². The third-order valence-electron chi connectivity index (χ3n) is 3.98. The molecule has 0 radical (unpaired) electrons. The van der Waals surface area contributed by atoms with Crippen LogP contribution in [0.1, 0.15) is 21.6 Å². The largest absolute Gasteiger partial charge is 0.493 e. The highest BCUT2D eigenvalue weighted by Crippen LogP contribution is 2.27. The molecule has 8 nitrogen and oxygen atoms in total. The molecule has 2 aromatic carbocycles. The number of nitrogens with one attached hydrogen (secondary N) is 1. The maximum atomic E-state index is 12.2. The molecule has 0 aliphatic rings. The van der Waals surface area contributed by atoms with Gasteiger partial charge in [0.05, 0.1) is 27.0 Å². The van der Waals surface area contributed by atoms with Crippen molar-refractivity contribution in [2.24, 2.45) is 5.10 Å². The van der Waals surface area contributed by atoms with Crippen molar-refractivity contribution in [1.82, 2.24) is 20.4 Å². The van der Waals surface area contributed by atoms with Gasteiger partial charge in [-0.05, 0) is 35.9 Å². The minimum Gasteiger partial charge on any atom is -0.493 e. The third kappa shape index (κ3) is 5.52. The second-order valence-corrected chi connectivity index (χ2v) is 5.97. The molecule has 0 bridgehead atoms. The highest BCUT2D eigenvalue weighted by Gasteiger charge is 2.09. The monoisotopic (exact) mass is 391 g/mol. The number of rotatable bonds is 8. The summed E-state index contributed by atoms with van der Waals surface area (Å²) in [7, 11) is 3.05. The van der Waals surface area contributed by atoms with E-state index >= 15 is 0 Å². The van der Waals surface area contributed by atoms with E-state index in [2.05, 4.69) is 20.8 Å². The molecule has 3 aromatic rings. The molecule has 0 saturated heterocycles. The molecule has 1 amide bonds. The Balaban J connectivity index is 1.52. The van der Waals surface area contributed by atoms with Crippen LogP contribution in [0.5, 0.6) is 11.5 Å². The van der Waals surface area contributed by atoms with Gasteiger partial charge < -0.3 is 9.47 Å². The number of hydrazone groups is 1. The summed E-state index contributed by atoms with van der Waals surface area (Å²) in [4.78, 5) is 12.2. The van der Waals surface area contributed by atoms with Crippen molar-refractivity contribution in [3.8, 4) is 11.5 Å². The summed E-state index contributed by atoms with van der Waals surface area (Å²) in [6.07, 6.45) is 6.72. The van der Waals surface area contributed by atoms with Gasteiger partial charge in [0.2, 0.25) is 0 Å². The van der Waals surface area contributed by atoms with Crippen molar-refractivity contribution < 1.29 is 14.3 Å². The Morgan fingerprint density at radius 2 is 1.93 bits per heavy atom. The quantitative estimate of drug-likeness (QED) is 0.471. The van der Waals surface area contributed by atoms with Crippen molar-refractivity contribution in [3.05, 3.63) is 77.6 Å². The standard InChI is InChI=1S/C21H21N5O3/c1-28-19-11-10-17(13-20(19)29-2)21(27)24-22-12-6-9-18-15-26(25-23-18)14-16-7-4-3-5-8-16/h3-13,15H,14H2,1-2H3,(H,24,27)/b9-6+,22-12-. The molecule has 0 saturated carbocycles. The van der Waals surface area contributed by atoms with Crippen LogP contribution in [-0.4, -0.2) is 41.3 Å². The molecule has 0 fully saturated rings. The van der Waals surface area contributed by atoms with E-state index in [1.807, 2.05) is 36.5 Å².